The van der Waals surface area contributed by atoms with Crippen molar-refractivity contribution in [3.8, 4) is 12.1 Å². The van der Waals surface area contributed by atoms with Gasteiger partial charge < -0.3 is 19.4 Å². The number of aromatic nitrogens is 2. The Labute approximate surface area is 257 Å². The maximum atomic E-state index is 14.7. The number of nitrogens with zero attached hydrogens (tertiary/aromatic N) is 6. The van der Waals surface area contributed by atoms with E-state index in [0.29, 0.717) is 57.6 Å². The van der Waals surface area contributed by atoms with Crippen molar-refractivity contribution in [1.29, 1.82) is 5.26 Å². The van der Waals surface area contributed by atoms with E-state index >= 15 is 0 Å². The fraction of sp³-hybridized carbons (Fsp3) is 0.656. The van der Waals surface area contributed by atoms with Crippen LogP contribution in [0.3, 0.4) is 0 Å². The van der Waals surface area contributed by atoms with E-state index in [1.54, 1.807) is 4.90 Å². The normalized spacial score (nSPS) is 17.1. The van der Waals surface area contributed by atoms with E-state index in [1.807, 2.05) is 27.1 Å². The summed E-state index contributed by atoms with van der Waals surface area (Å²) in [4.78, 5) is 28.9. The van der Waals surface area contributed by atoms with Crippen molar-refractivity contribution < 1.29 is 13.9 Å². The van der Waals surface area contributed by atoms with Gasteiger partial charge in [-0.25, -0.2) is 4.39 Å². The van der Waals surface area contributed by atoms with Gasteiger partial charge in [0, 0.05) is 37.7 Å². The van der Waals surface area contributed by atoms with Gasteiger partial charge >= 0.3 is 6.01 Å². The third kappa shape index (κ3) is 11.2. The number of likely N-dealkylation sites (N-methyl/N-ethyl adjacent to an activating group) is 2. The smallest absolute Gasteiger partial charge is 0.318 e. The van der Waals surface area contributed by atoms with Crippen LogP contribution in [-0.4, -0.2) is 90.9 Å². The molecule has 42 heavy (non-hydrogen) atoms. The Hall–Kier alpha value is -2.74. The van der Waals surface area contributed by atoms with Gasteiger partial charge in [0.15, 0.2) is 11.6 Å². The molecule has 0 aliphatic carbocycles. The average Bonchev–Trinajstić information content (AvgIpc) is 3.38. The lowest BCUT2D eigenvalue weighted by Crippen LogP contribution is -2.34. The van der Waals surface area contributed by atoms with Crippen LogP contribution in [0.1, 0.15) is 63.6 Å². The predicted octanol–water partition coefficient (Wildman–Crippen LogP) is 5.37. The molecule has 2 heterocycles. The second-order valence-corrected chi connectivity index (χ2v) is 11.8. The number of Topliss-reactive ketones (excluding diaryl/α,β-unsaturated/α-hetero) is 1. The Morgan fingerprint density at radius 3 is 2.74 bits per heavy atom. The molecule has 0 aromatic carbocycles. The Morgan fingerprint density at radius 1 is 1.38 bits per heavy atom. The highest BCUT2D eigenvalue weighted by Crippen LogP contribution is 2.29. The van der Waals surface area contributed by atoms with Crippen molar-refractivity contribution in [1.82, 2.24) is 19.8 Å². The van der Waals surface area contributed by atoms with Gasteiger partial charge in [0.2, 0.25) is 0 Å². The highest BCUT2D eigenvalue weighted by atomic mass is 32.1. The standard InChI is InChI=1S/C32H49FN6O2S/c1-7-9-10-13-27-29(8-2)35-32(41-22-26-12-11-18-38(26)6)36-31(27)39(21-24(3)14-17-34)20-15-25(23-42)30(40)28(33)16-19-37(4)5/h7,16,23-26H,1,8-15,18-22H2,2-6H3/b28-16+/t24-,25?,26-/m0/s1. The molecule has 0 spiro atoms. The molecule has 1 aromatic rings. The summed E-state index contributed by atoms with van der Waals surface area (Å²) in [6.45, 7) is 10.8. The van der Waals surface area contributed by atoms with E-state index in [-0.39, 0.29) is 5.92 Å². The maximum absolute atomic E-state index is 14.7. The highest BCUT2D eigenvalue weighted by Gasteiger charge is 2.26. The Morgan fingerprint density at radius 2 is 2.14 bits per heavy atom. The summed E-state index contributed by atoms with van der Waals surface area (Å²) in [6, 6.07) is 2.93. The summed E-state index contributed by atoms with van der Waals surface area (Å²) >= 11 is 5.19. The SMILES string of the molecule is C=CCCCc1c(CC)nc(OC[C@@H]2CCCN2C)nc1N(CCC(C=S)C(=O)/C(F)=C\CN(C)C)C[C@@H](C)CC#N. The first-order valence-electron chi connectivity index (χ1n) is 15.1. The minimum absolute atomic E-state index is 0.0472. The summed E-state index contributed by atoms with van der Waals surface area (Å²) < 4.78 is 20.9. The van der Waals surface area contributed by atoms with Gasteiger partial charge in [0.25, 0.3) is 0 Å². The number of carbonyl (C=O) groups is 1. The van der Waals surface area contributed by atoms with Crippen LogP contribution in [0.5, 0.6) is 6.01 Å². The number of thiocarbonyl (C=S) groups is 1. The van der Waals surface area contributed by atoms with E-state index < -0.39 is 17.5 Å². The lowest BCUT2D eigenvalue weighted by Gasteiger charge is -2.30. The molecule has 2 rings (SSSR count). The molecule has 0 saturated carbocycles. The molecule has 232 valence electrons. The van der Waals surface area contributed by atoms with Crippen molar-refractivity contribution in [3.63, 3.8) is 0 Å². The molecule has 0 N–H and O–H groups in total. The van der Waals surface area contributed by atoms with Gasteiger partial charge in [-0.15, -0.1) is 6.58 Å². The number of hydrogen-bond donors (Lipinski definition) is 0. The molecule has 3 atom stereocenters. The summed E-state index contributed by atoms with van der Waals surface area (Å²) in [7, 11) is 5.74. The number of likely N-dealkylation sites (tertiary alicyclic amines) is 1. The predicted molar refractivity (Wildman–Crippen MR) is 172 cm³/mol. The number of halogens is 1. The number of anilines is 1. The summed E-state index contributed by atoms with van der Waals surface area (Å²) in [5.74, 6) is -1.33. The molecule has 1 fully saturated rings. The van der Waals surface area contributed by atoms with E-state index in [0.717, 1.165) is 55.7 Å². The van der Waals surface area contributed by atoms with Crippen LogP contribution < -0.4 is 9.64 Å². The number of unbranched alkanes of at least 4 members (excludes halogenated alkanes) is 1. The first kappa shape index (κ1) is 35.5. The van der Waals surface area contributed by atoms with Crippen molar-refractivity contribution >= 4 is 29.2 Å². The Balaban J connectivity index is 2.45. The van der Waals surface area contributed by atoms with Crippen LogP contribution in [0.2, 0.25) is 0 Å². The average molecular weight is 601 g/mol. The molecule has 0 amide bonds. The zero-order valence-corrected chi connectivity index (χ0v) is 27.0. The van der Waals surface area contributed by atoms with Crippen molar-refractivity contribution in [2.45, 2.75) is 71.3 Å². The molecule has 8 nitrogen and oxygen atoms in total. The topological polar surface area (TPSA) is 85.6 Å². The quantitative estimate of drug-likeness (QED) is 0.0849. The largest absolute Gasteiger partial charge is 0.462 e. The van der Waals surface area contributed by atoms with Crippen LogP contribution in [0.15, 0.2) is 24.6 Å². The Bertz CT molecular complexity index is 1110. The molecule has 0 bridgehead atoms. The number of ketones is 1. The van der Waals surface area contributed by atoms with Gasteiger partial charge in [-0.2, -0.15) is 15.2 Å². The van der Waals surface area contributed by atoms with Gasteiger partial charge in [-0.3, -0.25) is 4.79 Å². The fourth-order valence-corrected chi connectivity index (χ4v) is 5.39. The van der Waals surface area contributed by atoms with E-state index in [1.165, 1.54) is 11.4 Å². The zero-order valence-electron chi connectivity index (χ0n) is 26.1. The monoisotopic (exact) mass is 600 g/mol. The van der Waals surface area contributed by atoms with Crippen LogP contribution in [0.25, 0.3) is 0 Å². The number of ether oxygens (including phenoxy) is 1. The molecule has 10 heteroatoms. The first-order valence-corrected chi connectivity index (χ1v) is 15.6. The molecule has 1 aliphatic rings. The number of carbonyl (C=O) groups excluding carboxylic acids is 1. The fourth-order valence-electron chi connectivity index (χ4n) is 5.13. The minimum Gasteiger partial charge on any atom is -0.462 e. The van der Waals surface area contributed by atoms with Crippen molar-refractivity contribution in [2.75, 3.05) is 58.8 Å². The van der Waals surface area contributed by atoms with E-state index in [2.05, 4.69) is 36.4 Å². The highest BCUT2D eigenvalue weighted by molar-refractivity contribution is 7.79. The van der Waals surface area contributed by atoms with Crippen molar-refractivity contribution in [2.24, 2.45) is 11.8 Å². The molecular formula is C32H49FN6O2S. The molecule has 1 aliphatic heterocycles. The molecular weight excluding hydrogens is 551 g/mol. The van der Waals surface area contributed by atoms with Crippen molar-refractivity contribution in [3.05, 3.63) is 35.8 Å². The van der Waals surface area contributed by atoms with Crippen LogP contribution in [0, 0.1) is 23.2 Å². The lowest BCUT2D eigenvalue weighted by molar-refractivity contribution is -0.118. The summed E-state index contributed by atoms with van der Waals surface area (Å²) in [5, 5.41) is 10.7. The van der Waals surface area contributed by atoms with Crippen LogP contribution in [-0.2, 0) is 17.6 Å². The number of nitriles is 1. The number of aryl methyl sites for hydroxylation is 1. The van der Waals surface area contributed by atoms with Gasteiger partial charge in [-0.1, -0.05) is 32.1 Å². The number of allylic oxidation sites excluding steroid dienone is 2. The minimum atomic E-state index is -0.771. The summed E-state index contributed by atoms with van der Waals surface area (Å²) in [6.07, 6.45) is 9.35. The third-order valence-corrected chi connectivity index (χ3v) is 7.98. The van der Waals surface area contributed by atoms with Gasteiger partial charge in [0.1, 0.15) is 12.4 Å². The number of hydrogen-bond acceptors (Lipinski definition) is 9. The van der Waals surface area contributed by atoms with Gasteiger partial charge in [-0.05, 0) is 90.0 Å². The Kier molecular flexibility index (Phi) is 15.8. The van der Waals surface area contributed by atoms with E-state index in [4.69, 9.17) is 26.9 Å². The number of rotatable bonds is 20. The van der Waals surface area contributed by atoms with Crippen LogP contribution >= 0.6 is 12.2 Å². The second kappa shape index (κ2) is 18.7. The zero-order chi connectivity index (χ0) is 31.1. The summed E-state index contributed by atoms with van der Waals surface area (Å²) in [5.41, 5.74) is 1.97. The second-order valence-electron chi connectivity index (χ2n) is 11.5. The van der Waals surface area contributed by atoms with E-state index in [9.17, 15) is 14.4 Å². The maximum Gasteiger partial charge on any atom is 0.318 e. The molecule has 1 aromatic heterocycles. The third-order valence-electron chi connectivity index (χ3n) is 7.65. The molecule has 1 unspecified atom stereocenters. The lowest BCUT2D eigenvalue weighted by atomic mass is 9.99. The van der Waals surface area contributed by atoms with Crippen LogP contribution in [0.4, 0.5) is 10.2 Å². The first-order chi connectivity index (χ1) is 20.1. The molecule has 1 saturated heterocycles. The molecule has 0 radical (unpaired) electrons. The van der Waals surface area contributed by atoms with Gasteiger partial charge in [0.05, 0.1) is 17.7 Å².